The average Bonchev–Trinajstić information content (AvgIpc) is 2.34. The lowest BCUT2D eigenvalue weighted by atomic mass is 9.80. The zero-order chi connectivity index (χ0) is 6.69. The highest BCUT2D eigenvalue weighted by Crippen LogP contribution is 1.99. The molecule has 0 aromatic carbocycles. The predicted octanol–water partition coefficient (Wildman–Crippen LogP) is 0.938. The van der Waals surface area contributed by atoms with Crippen LogP contribution in [0.5, 0.6) is 0 Å². The van der Waals surface area contributed by atoms with Crippen molar-refractivity contribution >= 4 is 29.7 Å². The van der Waals surface area contributed by atoms with Gasteiger partial charge >= 0.3 is 0 Å². The van der Waals surface area contributed by atoms with Gasteiger partial charge in [0.1, 0.15) is 0 Å². The standard InChI is InChI=1S/C6H6BOS/c1-7-6-2-5(3-8)4-9-6/h2-4H,1H3. The van der Waals surface area contributed by atoms with Gasteiger partial charge in [0.05, 0.1) is 0 Å². The molecule has 1 heterocycles. The van der Waals surface area contributed by atoms with Crippen molar-refractivity contribution in [3.05, 3.63) is 17.0 Å². The minimum Gasteiger partial charge on any atom is -0.298 e. The zero-order valence-electron chi connectivity index (χ0n) is 5.13. The van der Waals surface area contributed by atoms with Gasteiger partial charge in [0.2, 0.25) is 0 Å². The number of rotatable bonds is 2. The number of hydrogen-bond donors (Lipinski definition) is 0. The Morgan fingerprint density at radius 1 is 1.78 bits per heavy atom. The summed E-state index contributed by atoms with van der Waals surface area (Å²) in [4.78, 5) is 10.1. The van der Waals surface area contributed by atoms with Crippen LogP contribution in [0.2, 0.25) is 6.82 Å². The van der Waals surface area contributed by atoms with Crippen LogP contribution in [0.4, 0.5) is 0 Å². The fourth-order valence-electron chi connectivity index (χ4n) is 0.582. The lowest BCUT2D eigenvalue weighted by Crippen LogP contribution is -2.02. The summed E-state index contributed by atoms with van der Waals surface area (Å²) in [5.41, 5.74) is 0.771. The molecule has 0 aliphatic heterocycles. The normalized spacial score (nSPS) is 9.00. The molecule has 0 unspecified atom stereocenters. The number of hydrogen-bond acceptors (Lipinski definition) is 2. The molecule has 0 bridgehead atoms. The molecule has 45 valence electrons. The zero-order valence-corrected chi connectivity index (χ0v) is 5.94. The van der Waals surface area contributed by atoms with Crippen molar-refractivity contribution in [2.75, 3.05) is 0 Å². The molecule has 1 aromatic rings. The van der Waals surface area contributed by atoms with Crippen LogP contribution in [-0.2, 0) is 0 Å². The Morgan fingerprint density at radius 3 is 2.89 bits per heavy atom. The minimum absolute atomic E-state index is 0.771. The van der Waals surface area contributed by atoms with Crippen molar-refractivity contribution in [1.82, 2.24) is 0 Å². The first-order chi connectivity index (χ1) is 4.36. The maximum atomic E-state index is 10.1. The molecule has 0 saturated heterocycles. The predicted molar refractivity (Wildman–Crippen MR) is 41.0 cm³/mol. The van der Waals surface area contributed by atoms with E-state index in [0.29, 0.717) is 0 Å². The number of thiophene rings is 1. The lowest BCUT2D eigenvalue weighted by Gasteiger charge is -1.77. The smallest absolute Gasteiger partial charge is 0.162 e. The summed E-state index contributed by atoms with van der Waals surface area (Å²) in [6.45, 7) is 1.96. The monoisotopic (exact) mass is 137 g/mol. The highest BCUT2D eigenvalue weighted by atomic mass is 32.1. The molecule has 0 amide bonds. The lowest BCUT2D eigenvalue weighted by molar-refractivity contribution is 0.112. The van der Waals surface area contributed by atoms with Gasteiger partial charge in [-0.05, 0) is 10.8 Å². The van der Waals surface area contributed by atoms with Gasteiger partial charge in [-0.2, -0.15) is 11.3 Å². The van der Waals surface area contributed by atoms with Gasteiger partial charge in [-0.25, -0.2) is 0 Å². The molecule has 0 fully saturated rings. The molecule has 3 heteroatoms. The van der Waals surface area contributed by atoms with Crippen molar-refractivity contribution in [2.24, 2.45) is 0 Å². The highest BCUT2D eigenvalue weighted by molar-refractivity contribution is 7.20. The first-order valence-electron chi connectivity index (χ1n) is 2.70. The van der Waals surface area contributed by atoms with Crippen LogP contribution in [0.15, 0.2) is 11.4 Å². The molecule has 0 spiro atoms. The van der Waals surface area contributed by atoms with Crippen molar-refractivity contribution in [1.29, 1.82) is 0 Å². The number of carbonyl (C=O) groups excluding carboxylic acids is 1. The van der Waals surface area contributed by atoms with Gasteiger partial charge < -0.3 is 0 Å². The Balaban J connectivity index is 2.86. The second-order valence-corrected chi connectivity index (χ2v) is 2.63. The molecule has 0 atom stereocenters. The molecule has 9 heavy (non-hydrogen) atoms. The quantitative estimate of drug-likeness (QED) is 0.437. The van der Waals surface area contributed by atoms with E-state index in [1.807, 2.05) is 25.5 Å². The van der Waals surface area contributed by atoms with E-state index < -0.39 is 0 Å². The van der Waals surface area contributed by atoms with E-state index in [1.165, 1.54) is 0 Å². The minimum atomic E-state index is 0.771. The number of carbonyl (C=O) groups is 1. The van der Waals surface area contributed by atoms with E-state index in [2.05, 4.69) is 0 Å². The first kappa shape index (κ1) is 6.55. The first-order valence-corrected chi connectivity index (χ1v) is 3.58. The highest BCUT2D eigenvalue weighted by Gasteiger charge is 1.94. The SMILES string of the molecule is C[B]c1cc(C=O)cs1. The van der Waals surface area contributed by atoms with Crippen LogP contribution < -0.4 is 4.78 Å². The van der Waals surface area contributed by atoms with Crippen molar-refractivity contribution < 1.29 is 4.79 Å². The van der Waals surface area contributed by atoms with Crippen LogP contribution in [0, 0.1) is 0 Å². The Bertz CT molecular complexity index is 207. The fourth-order valence-corrected chi connectivity index (χ4v) is 1.32. The molecule has 1 rings (SSSR count). The second-order valence-electron chi connectivity index (χ2n) is 1.69. The third-order valence-electron chi connectivity index (χ3n) is 1.06. The summed E-state index contributed by atoms with van der Waals surface area (Å²) >= 11 is 1.59. The van der Waals surface area contributed by atoms with Gasteiger partial charge in [0.15, 0.2) is 13.6 Å². The topological polar surface area (TPSA) is 17.1 Å². The molecule has 0 N–H and O–H groups in total. The molecular formula is C6H6BOS. The van der Waals surface area contributed by atoms with Crippen LogP contribution in [0.25, 0.3) is 0 Å². The summed E-state index contributed by atoms with van der Waals surface area (Å²) in [6, 6.07) is 1.87. The van der Waals surface area contributed by atoms with E-state index in [9.17, 15) is 4.79 Å². The van der Waals surface area contributed by atoms with Crippen molar-refractivity contribution in [3.8, 4) is 0 Å². The summed E-state index contributed by atoms with van der Waals surface area (Å²) in [5, 5.41) is 1.85. The van der Waals surface area contributed by atoms with E-state index >= 15 is 0 Å². The van der Waals surface area contributed by atoms with E-state index in [1.54, 1.807) is 11.3 Å². The van der Waals surface area contributed by atoms with E-state index in [0.717, 1.165) is 16.6 Å². The van der Waals surface area contributed by atoms with Gasteiger partial charge in [0.25, 0.3) is 0 Å². The fraction of sp³-hybridized carbons (Fsp3) is 0.167. The van der Waals surface area contributed by atoms with E-state index in [-0.39, 0.29) is 0 Å². The van der Waals surface area contributed by atoms with Crippen LogP contribution in [0.1, 0.15) is 10.4 Å². The molecule has 0 aliphatic rings. The molecule has 1 radical (unpaired) electrons. The third-order valence-corrected chi connectivity index (χ3v) is 2.08. The summed E-state index contributed by atoms with van der Waals surface area (Å²) < 4.78 is 1.15. The largest absolute Gasteiger partial charge is 0.298 e. The maximum absolute atomic E-state index is 10.1. The van der Waals surface area contributed by atoms with Crippen molar-refractivity contribution in [2.45, 2.75) is 6.82 Å². The van der Waals surface area contributed by atoms with Gasteiger partial charge in [-0.3, -0.25) is 4.79 Å². The van der Waals surface area contributed by atoms with Gasteiger partial charge in [-0.15, -0.1) is 0 Å². The Kier molecular flexibility index (Phi) is 2.06. The molecule has 1 nitrogen and oxygen atoms in total. The number of aldehydes is 1. The van der Waals surface area contributed by atoms with E-state index in [4.69, 9.17) is 0 Å². The molecule has 1 aromatic heterocycles. The molecule has 0 saturated carbocycles. The Morgan fingerprint density at radius 2 is 2.56 bits per heavy atom. The summed E-state index contributed by atoms with van der Waals surface area (Å²) in [6.07, 6.45) is 0.865. The average molecular weight is 137 g/mol. The van der Waals surface area contributed by atoms with Crippen LogP contribution in [0.3, 0.4) is 0 Å². The summed E-state index contributed by atoms with van der Waals surface area (Å²) in [5.74, 6) is 0. The Labute approximate surface area is 59.0 Å². The molecule has 0 aliphatic carbocycles. The van der Waals surface area contributed by atoms with Crippen molar-refractivity contribution in [3.63, 3.8) is 0 Å². The second kappa shape index (κ2) is 2.83. The molecular weight excluding hydrogens is 131 g/mol. The van der Waals surface area contributed by atoms with Crippen LogP contribution >= 0.6 is 11.3 Å². The maximum Gasteiger partial charge on any atom is 0.162 e. The Hall–Kier alpha value is -0.565. The van der Waals surface area contributed by atoms with Crippen LogP contribution in [-0.4, -0.2) is 13.6 Å². The van der Waals surface area contributed by atoms with Gasteiger partial charge in [0, 0.05) is 10.9 Å². The summed E-state index contributed by atoms with van der Waals surface area (Å²) in [7, 11) is 1.98. The van der Waals surface area contributed by atoms with Gasteiger partial charge in [-0.1, -0.05) is 6.82 Å². The third kappa shape index (κ3) is 1.42.